The van der Waals surface area contributed by atoms with Crippen LogP contribution < -0.4 is 0 Å². The Labute approximate surface area is 141 Å². The highest BCUT2D eigenvalue weighted by molar-refractivity contribution is 5.99. The van der Waals surface area contributed by atoms with E-state index < -0.39 is 29.6 Å². The Morgan fingerprint density at radius 2 is 1.62 bits per heavy atom. The second kappa shape index (κ2) is 6.38. The van der Waals surface area contributed by atoms with Gasteiger partial charge in [-0.25, -0.2) is 0 Å². The van der Waals surface area contributed by atoms with E-state index in [0.717, 1.165) is 18.4 Å². The van der Waals surface area contributed by atoms with Crippen molar-refractivity contribution < 1.29 is 23.9 Å². The van der Waals surface area contributed by atoms with Gasteiger partial charge >= 0.3 is 11.9 Å². The molecular weight excluding hydrogens is 308 g/mol. The molecule has 1 aromatic rings. The summed E-state index contributed by atoms with van der Waals surface area (Å²) >= 11 is 0. The van der Waals surface area contributed by atoms with Crippen molar-refractivity contribution in [2.75, 3.05) is 0 Å². The van der Waals surface area contributed by atoms with E-state index in [2.05, 4.69) is 0 Å². The van der Waals surface area contributed by atoms with Gasteiger partial charge in [-0.05, 0) is 18.4 Å². The summed E-state index contributed by atoms with van der Waals surface area (Å²) in [5, 5.41) is 0. The molecule has 1 aliphatic carbocycles. The first-order valence-electron chi connectivity index (χ1n) is 8.42. The Morgan fingerprint density at radius 3 is 2.21 bits per heavy atom. The van der Waals surface area contributed by atoms with Gasteiger partial charge in [-0.15, -0.1) is 0 Å². The van der Waals surface area contributed by atoms with Crippen LogP contribution in [0, 0.1) is 11.8 Å². The second-order valence-corrected chi connectivity index (χ2v) is 6.97. The van der Waals surface area contributed by atoms with Crippen LogP contribution in [-0.4, -0.2) is 23.5 Å². The minimum Gasteiger partial charge on any atom is -0.422 e. The summed E-state index contributed by atoms with van der Waals surface area (Å²) < 4.78 is 10.6. The molecule has 5 heteroatoms. The standard InChI is InChI=1S/C19H22O5/c1-19(2)23-17(21)16(18(22)24-19)15(12-8-4-3-5-9-12)13-10-6-7-11-14(13)20/h3-5,8-9,13,15-16H,6-7,10-11H2,1-2H3. The number of ether oxygens (including phenoxy) is 2. The minimum atomic E-state index is -1.26. The van der Waals surface area contributed by atoms with Crippen molar-refractivity contribution in [1.82, 2.24) is 0 Å². The SMILES string of the molecule is CC1(C)OC(=O)C(C(c2ccccc2)C2CCCCC2=O)C(=O)O1. The Hall–Kier alpha value is -2.17. The molecule has 1 aliphatic heterocycles. The van der Waals surface area contributed by atoms with Crippen LogP contribution in [0.4, 0.5) is 0 Å². The van der Waals surface area contributed by atoms with E-state index >= 15 is 0 Å². The summed E-state index contributed by atoms with van der Waals surface area (Å²) in [6.07, 6.45) is 2.96. The van der Waals surface area contributed by atoms with Crippen LogP contribution in [-0.2, 0) is 23.9 Å². The number of cyclic esters (lactones) is 2. The molecule has 1 saturated heterocycles. The third kappa shape index (κ3) is 3.21. The molecule has 2 fully saturated rings. The van der Waals surface area contributed by atoms with Gasteiger partial charge in [0, 0.05) is 32.1 Å². The summed E-state index contributed by atoms with van der Waals surface area (Å²) in [7, 11) is 0. The molecule has 2 atom stereocenters. The maximum atomic E-state index is 12.6. The fourth-order valence-electron chi connectivity index (χ4n) is 3.74. The van der Waals surface area contributed by atoms with Gasteiger partial charge in [-0.3, -0.25) is 14.4 Å². The highest BCUT2D eigenvalue weighted by atomic mass is 16.7. The highest BCUT2D eigenvalue weighted by Gasteiger charge is 2.51. The molecule has 5 nitrogen and oxygen atoms in total. The van der Waals surface area contributed by atoms with Gasteiger partial charge < -0.3 is 9.47 Å². The molecular formula is C19H22O5. The van der Waals surface area contributed by atoms with Crippen molar-refractivity contribution in [3.63, 3.8) is 0 Å². The van der Waals surface area contributed by atoms with Gasteiger partial charge in [0.15, 0.2) is 5.92 Å². The number of ketones is 1. The molecule has 0 spiro atoms. The molecule has 0 aromatic heterocycles. The summed E-state index contributed by atoms with van der Waals surface area (Å²) in [5.41, 5.74) is 0.802. The first kappa shape index (κ1) is 16.7. The molecule has 2 unspecified atom stereocenters. The molecule has 0 bridgehead atoms. The minimum absolute atomic E-state index is 0.112. The van der Waals surface area contributed by atoms with E-state index in [4.69, 9.17) is 9.47 Å². The molecule has 0 amide bonds. The number of hydrogen-bond acceptors (Lipinski definition) is 5. The van der Waals surface area contributed by atoms with E-state index in [1.807, 2.05) is 30.3 Å². The van der Waals surface area contributed by atoms with Crippen molar-refractivity contribution in [2.24, 2.45) is 11.8 Å². The second-order valence-electron chi connectivity index (χ2n) is 6.97. The molecule has 128 valence electrons. The summed E-state index contributed by atoms with van der Waals surface area (Å²) in [4.78, 5) is 37.6. The van der Waals surface area contributed by atoms with Crippen LogP contribution in [0.2, 0.25) is 0 Å². The number of hydrogen-bond donors (Lipinski definition) is 0. The van der Waals surface area contributed by atoms with Crippen molar-refractivity contribution in [2.45, 2.75) is 51.2 Å². The molecule has 0 N–H and O–H groups in total. The normalized spacial score (nSPS) is 25.8. The maximum absolute atomic E-state index is 12.6. The summed E-state index contributed by atoms with van der Waals surface area (Å²) in [6, 6.07) is 9.27. The Balaban J connectivity index is 2.00. The largest absolute Gasteiger partial charge is 0.422 e. The van der Waals surface area contributed by atoms with E-state index in [0.29, 0.717) is 12.8 Å². The van der Waals surface area contributed by atoms with Crippen LogP contribution in [0.5, 0.6) is 0 Å². The third-order valence-electron chi connectivity index (χ3n) is 4.78. The van der Waals surface area contributed by atoms with Crippen LogP contribution in [0.15, 0.2) is 30.3 Å². The molecule has 1 heterocycles. The Morgan fingerprint density at radius 1 is 1.00 bits per heavy atom. The Bertz CT molecular complexity index is 629. The van der Waals surface area contributed by atoms with E-state index in [1.54, 1.807) is 0 Å². The zero-order valence-electron chi connectivity index (χ0n) is 14.0. The van der Waals surface area contributed by atoms with E-state index in [9.17, 15) is 14.4 Å². The first-order valence-corrected chi connectivity index (χ1v) is 8.42. The predicted molar refractivity (Wildman–Crippen MR) is 85.9 cm³/mol. The highest BCUT2D eigenvalue weighted by Crippen LogP contribution is 2.42. The number of rotatable bonds is 3. The molecule has 0 radical (unpaired) electrons. The fraction of sp³-hybridized carbons (Fsp3) is 0.526. The van der Waals surface area contributed by atoms with Gasteiger partial charge in [0.05, 0.1) is 0 Å². The summed E-state index contributed by atoms with van der Waals surface area (Å²) in [6.45, 7) is 3.06. The van der Waals surface area contributed by atoms with Gasteiger partial charge in [0.2, 0.25) is 0 Å². The van der Waals surface area contributed by atoms with Crippen LogP contribution in [0.3, 0.4) is 0 Å². The predicted octanol–water partition coefficient (Wildman–Crippen LogP) is 2.98. The van der Waals surface area contributed by atoms with Crippen LogP contribution in [0.25, 0.3) is 0 Å². The number of carbonyl (C=O) groups excluding carboxylic acids is 3. The van der Waals surface area contributed by atoms with Crippen molar-refractivity contribution in [3.05, 3.63) is 35.9 Å². The van der Waals surface area contributed by atoms with Gasteiger partial charge in [-0.2, -0.15) is 0 Å². The molecule has 2 aliphatic rings. The van der Waals surface area contributed by atoms with Gasteiger partial charge in [0.25, 0.3) is 5.79 Å². The molecule has 24 heavy (non-hydrogen) atoms. The lowest BCUT2D eigenvalue weighted by molar-refractivity contribution is -0.241. The lowest BCUT2D eigenvalue weighted by Crippen LogP contribution is -2.50. The monoisotopic (exact) mass is 330 g/mol. The van der Waals surface area contributed by atoms with Gasteiger partial charge in [0.1, 0.15) is 5.78 Å². The van der Waals surface area contributed by atoms with E-state index in [1.165, 1.54) is 13.8 Å². The van der Waals surface area contributed by atoms with Gasteiger partial charge in [-0.1, -0.05) is 36.8 Å². The average Bonchev–Trinajstić information content (AvgIpc) is 2.52. The third-order valence-corrected chi connectivity index (χ3v) is 4.78. The quantitative estimate of drug-likeness (QED) is 0.629. The first-order chi connectivity index (χ1) is 11.4. The number of esters is 2. The average molecular weight is 330 g/mol. The lowest BCUT2D eigenvalue weighted by atomic mass is 9.70. The van der Waals surface area contributed by atoms with Crippen molar-refractivity contribution in [1.29, 1.82) is 0 Å². The molecule has 1 saturated carbocycles. The number of carbonyl (C=O) groups is 3. The van der Waals surface area contributed by atoms with Crippen molar-refractivity contribution >= 4 is 17.7 Å². The smallest absolute Gasteiger partial charge is 0.324 e. The molecule has 3 rings (SSSR count). The topological polar surface area (TPSA) is 69.7 Å². The molecule has 1 aromatic carbocycles. The number of Topliss-reactive ketones (excluding diaryl/α,β-unsaturated/α-hetero) is 1. The zero-order valence-corrected chi connectivity index (χ0v) is 14.0. The zero-order chi connectivity index (χ0) is 17.3. The van der Waals surface area contributed by atoms with Crippen LogP contribution in [0.1, 0.15) is 51.0 Å². The van der Waals surface area contributed by atoms with Crippen LogP contribution >= 0.6 is 0 Å². The van der Waals surface area contributed by atoms with E-state index in [-0.39, 0.29) is 11.7 Å². The lowest BCUT2D eigenvalue weighted by Gasteiger charge is -2.39. The number of benzene rings is 1. The van der Waals surface area contributed by atoms with Crippen molar-refractivity contribution in [3.8, 4) is 0 Å². The fourth-order valence-corrected chi connectivity index (χ4v) is 3.74. The maximum Gasteiger partial charge on any atom is 0.324 e. The summed E-state index contributed by atoms with van der Waals surface area (Å²) in [5.74, 6) is -4.34. The Kier molecular flexibility index (Phi) is 4.43.